The Morgan fingerprint density at radius 1 is 1.37 bits per heavy atom. The van der Waals surface area contributed by atoms with E-state index in [1.54, 1.807) is 0 Å². The van der Waals surface area contributed by atoms with Gasteiger partial charge >= 0.3 is 5.97 Å². The number of piperidine rings is 1. The highest BCUT2D eigenvalue weighted by atomic mass is 16.5. The van der Waals surface area contributed by atoms with E-state index in [4.69, 9.17) is 4.74 Å². The fourth-order valence-corrected chi connectivity index (χ4v) is 2.92. The number of benzene rings is 1. The van der Waals surface area contributed by atoms with Crippen molar-refractivity contribution in [1.82, 2.24) is 4.90 Å². The number of methoxy groups -OCH3 is 1. The molecule has 1 heterocycles. The second-order valence-electron chi connectivity index (χ2n) is 5.18. The summed E-state index contributed by atoms with van der Waals surface area (Å²) < 4.78 is 4.86. The molecule has 1 aliphatic rings. The van der Waals surface area contributed by atoms with Crippen LogP contribution in [-0.4, -0.2) is 30.6 Å². The lowest BCUT2D eigenvalue weighted by atomic mass is 9.98. The van der Waals surface area contributed by atoms with E-state index in [0.717, 1.165) is 18.7 Å². The summed E-state index contributed by atoms with van der Waals surface area (Å²) in [5.74, 6) is -0.236. The standard InChI is InChI=1S/C16H23NO2/c1-3-14-9-6-7-11-17(14)12-13-8-4-5-10-15(13)16(18)19-2/h4-5,8,10,14H,3,6-7,9,11-12H2,1-2H3. The minimum absolute atomic E-state index is 0.236. The van der Waals surface area contributed by atoms with Gasteiger partial charge in [-0.05, 0) is 37.4 Å². The van der Waals surface area contributed by atoms with Crippen LogP contribution < -0.4 is 0 Å². The number of likely N-dealkylation sites (tertiary alicyclic amines) is 1. The second kappa shape index (κ2) is 6.71. The summed E-state index contributed by atoms with van der Waals surface area (Å²) in [4.78, 5) is 14.3. The van der Waals surface area contributed by atoms with Crippen molar-refractivity contribution >= 4 is 5.97 Å². The normalized spacial score (nSPS) is 20.2. The average molecular weight is 261 g/mol. The van der Waals surface area contributed by atoms with Crippen LogP contribution in [-0.2, 0) is 11.3 Å². The molecule has 1 aromatic carbocycles. The number of nitrogens with zero attached hydrogens (tertiary/aromatic N) is 1. The van der Waals surface area contributed by atoms with Gasteiger partial charge in [-0.2, -0.15) is 0 Å². The van der Waals surface area contributed by atoms with Crippen molar-refractivity contribution in [1.29, 1.82) is 0 Å². The van der Waals surface area contributed by atoms with Gasteiger partial charge in [-0.1, -0.05) is 31.5 Å². The molecule has 0 saturated carbocycles. The van der Waals surface area contributed by atoms with Gasteiger partial charge in [0.05, 0.1) is 12.7 Å². The Balaban J connectivity index is 2.15. The smallest absolute Gasteiger partial charge is 0.338 e. The molecule has 0 aliphatic carbocycles. The molecule has 0 aromatic heterocycles. The van der Waals surface area contributed by atoms with Gasteiger partial charge in [0.25, 0.3) is 0 Å². The minimum atomic E-state index is -0.236. The highest BCUT2D eigenvalue weighted by Crippen LogP contribution is 2.23. The largest absolute Gasteiger partial charge is 0.465 e. The van der Waals surface area contributed by atoms with E-state index in [2.05, 4.69) is 11.8 Å². The summed E-state index contributed by atoms with van der Waals surface area (Å²) in [5.41, 5.74) is 1.78. The van der Waals surface area contributed by atoms with Gasteiger partial charge in [0.2, 0.25) is 0 Å². The van der Waals surface area contributed by atoms with Gasteiger partial charge in [-0.15, -0.1) is 0 Å². The third-order valence-electron chi connectivity index (χ3n) is 4.02. The van der Waals surface area contributed by atoms with Crippen molar-refractivity contribution < 1.29 is 9.53 Å². The zero-order valence-electron chi connectivity index (χ0n) is 11.9. The lowest BCUT2D eigenvalue weighted by molar-refractivity contribution is 0.0596. The molecule has 1 atom stereocenters. The zero-order chi connectivity index (χ0) is 13.7. The first kappa shape index (κ1) is 14.1. The monoisotopic (exact) mass is 261 g/mol. The zero-order valence-corrected chi connectivity index (χ0v) is 11.9. The molecule has 1 saturated heterocycles. The SMILES string of the molecule is CCC1CCCCN1Cc1ccccc1C(=O)OC. The Labute approximate surface area is 115 Å². The summed E-state index contributed by atoms with van der Waals surface area (Å²) >= 11 is 0. The maximum absolute atomic E-state index is 11.8. The van der Waals surface area contributed by atoms with Crippen LogP contribution in [0.15, 0.2) is 24.3 Å². The number of hydrogen-bond donors (Lipinski definition) is 0. The lowest BCUT2D eigenvalue weighted by Crippen LogP contribution is -2.38. The van der Waals surface area contributed by atoms with Crippen LogP contribution in [0.3, 0.4) is 0 Å². The molecular formula is C16H23NO2. The maximum Gasteiger partial charge on any atom is 0.338 e. The molecule has 0 spiro atoms. The van der Waals surface area contributed by atoms with Crippen LogP contribution in [0.1, 0.15) is 48.5 Å². The molecule has 0 bridgehead atoms. The summed E-state index contributed by atoms with van der Waals surface area (Å²) in [5, 5.41) is 0. The van der Waals surface area contributed by atoms with Crippen molar-refractivity contribution in [3.63, 3.8) is 0 Å². The molecule has 104 valence electrons. The van der Waals surface area contributed by atoms with Crippen molar-refractivity contribution in [3.8, 4) is 0 Å². The van der Waals surface area contributed by atoms with Crippen molar-refractivity contribution in [3.05, 3.63) is 35.4 Å². The fourth-order valence-electron chi connectivity index (χ4n) is 2.92. The molecule has 0 amide bonds. The van der Waals surface area contributed by atoms with Gasteiger partial charge in [0.15, 0.2) is 0 Å². The fraction of sp³-hybridized carbons (Fsp3) is 0.562. The van der Waals surface area contributed by atoms with Crippen LogP contribution >= 0.6 is 0 Å². The third-order valence-corrected chi connectivity index (χ3v) is 4.02. The molecule has 1 aromatic rings. The lowest BCUT2D eigenvalue weighted by Gasteiger charge is -2.35. The molecule has 1 fully saturated rings. The number of carbonyl (C=O) groups is 1. The summed E-state index contributed by atoms with van der Waals surface area (Å²) in [6.07, 6.45) is 5.04. The first-order chi connectivity index (χ1) is 9.26. The van der Waals surface area contributed by atoms with E-state index in [-0.39, 0.29) is 5.97 Å². The molecule has 3 nitrogen and oxygen atoms in total. The van der Waals surface area contributed by atoms with Crippen LogP contribution in [0.5, 0.6) is 0 Å². The quantitative estimate of drug-likeness (QED) is 0.779. The topological polar surface area (TPSA) is 29.5 Å². The van der Waals surface area contributed by atoms with E-state index >= 15 is 0 Å². The Morgan fingerprint density at radius 3 is 2.89 bits per heavy atom. The van der Waals surface area contributed by atoms with E-state index in [0.29, 0.717) is 11.6 Å². The van der Waals surface area contributed by atoms with E-state index in [1.807, 2.05) is 24.3 Å². The van der Waals surface area contributed by atoms with Crippen molar-refractivity contribution in [2.75, 3.05) is 13.7 Å². The number of carbonyl (C=O) groups excluding carboxylic acids is 1. The summed E-state index contributed by atoms with van der Waals surface area (Å²) in [6.45, 7) is 4.23. The van der Waals surface area contributed by atoms with Crippen molar-refractivity contribution in [2.45, 2.75) is 45.2 Å². The molecule has 0 radical (unpaired) electrons. The minimum Gasteiger partial charge on any atom is -0.465 e. The Kier molecular flexibility index (Phi) is 4.97. The molecule has 1 unspecified atom stereocenters. The van der Waals surface area contributed by atoms with Crippen LogP contribution in [0.4, 0.5) is 0 Å². The second-order valence-corrected chi connectivity index (χ2v) is 5.18. The van der Waals surface area contributed by atoms with Crippen LogP contribution in [0, 0.1) is 0 Å². The van der Waals surface area contributed by atoms with Crippen LogP contribution in [0.2, 0.25) is 0 Å². The van der Waals surface area contributed by atoms with Crippen LogP contribution in [0.25, 0.3) is 0 Å². The van der Waals surface area contributed by atoms with Gasteiger partial charge in [0, 0.05) is 12.6 Å². The van der Waals surface area contributed by atoms with Gasteiger partial charge < -0.3 is 4.74 Å². The number of esters is 1. The Morgan fingerprint density at radius 2 is 2.16 bits per heavy atom. The average Bonchev–Trinajstić information content (AvgIpc) is 2.47. The molecular weight excluding hydrogens is 238 g/mol. The Hall–Kier alpha value is -1.35. The van der Waals surface area contributed by atoms with E-state index < -0.39 is 0 Å². The van der Waals surface area contributed by atoms with Gasteiger partial charge in [0.1, 0.15) is 0 Å². The first-order valence-electron chi connectivity index (χ1n) is 7.16. The Bertz CT molecular complexity index is 431. The number of ether oxygens (including phenoxy) is 1. The molecule has 0 N–H and O–H groups in total. The number of rotatable bonds is 4. The number of hydrogen-bond acceptors (Lipinski definition) is 3. The molecule has 3 heteroatoms. The van der Waals surface area contributed by atoms with Crippen molar-refractivity contribution in [2.24, 2.45) is 0 Å². The summed E-state index contributed by atoms with van der Waals surface area (Å²) in [7, 11) is 1.44. The molecule has 19 heavy (non-hydrogen) atoms. The van der Waals surface area contributed by atoms with Gasteiger partial charge in [-0.25, -0.2) is 4.79 Å². The van der Waals surface area contributed by atoms with E-state index in [9.17, 15) is 4.79 Å². The first-order valence-corrected chi connectivity index (χ1v) is 7.16. The third kappa shape index (κ3) is 3.35. The summed E-state index contributed by atoms with van der Waals surface area (Å²) in [6, 6.07) is 8.43. The van der Waals surface area contributed by atoms with Gasteiger partial charge in [-0.3, -0.25) is 4.90 Å². The maximum atomic E-state index is 11.8. The predicted molar refractivity (Wildman–Crippen MR) is 76.1 cm³/mol. The molecule has 1 aliphatic heterocycles. The highest BCUT2D eigenvalue weighted by Gasteiger charge is 2.22. The molecule has 2 rings (SSSR count). The highest BCUT2D eigenvalue weighted by molar-refractivity contribution is 5.90. The van der Waals surface area contributed by atoms with E-state index in [1.165, 1.54) is 32.8 Å². The predicted octanol–water partition coefficient (Wildman–Crippen LogP) is 3.24.